The van der Waals surface area contributed by atoms with Gasteiger partial charge in [-0.25, -0.2) is 0 Å². The molecule has 1 aromatic carbocycles. The standard InChI is InChI=1S/C17H15N.2C2H6/c1-2-7-17-15(4-1)9-12(11-18-17)8-13-5-3-6-14-10-16(13)14;2*1-2/h1-7,9,11,14,16H,8,10H2;2*1-2H3. The molecule has 2 aliphatic rings. The molecule has 1 heterocycles. The highest BCUT2D eigenvalue weighted by Gasteiger charge is 2.38. The summed E-state index contributed by atoms with van der Waals surface area (Å²) in [6.45, 7) is 8.00. The van der Waals surface area contributed by atoms with Crippen molar-refractivity contribution in [3.63, 3.8) is 0 Å². The molecule has 1 saturated carbocycles. The van der Waals surface area contributed by atoms with Gasteiger partial charge >= 0.3 is 0 Å². The first-order chi connectivity index (χ1) is 10.9. The van der Waals surface area contributed by atoms with Crippen LogP contribution in [0, 0.1) is 11.8 Å². The van der Waals surface area contributed by atoms with Gasteiger partial charge in [-0.2, -0.15) is 0 Å². The number of pyridine rings is 1. The molecule has 0 radical (unpaired) electrons. The zero-order chi connectivity index (χ0) is 15.9. The summed E-state index contributed by atoms with van der Waals surface area (Å²) >= 11 is 0. The number of allylic oxidation sites excluding steroid dienone is 4. The van der Waals surface area contributed by atoms with E-state index in [1.807, 2.05) is 40.0 Å². The Balaban J connectivity index is 0.000000410. The summed E-state index contributed by atoms with van der Waals surface area (Å²) < 4.78 is 0. The smallest absolute Gasteiger partial charge is 0.0702 e. The maximum absolute atomic E-state index is 4.54. The van der Waals surface area contributed by atoms with Crippen molar-refractivity contribution in [1.82, 2.24) is 4.98 Å². The largest absolute Gasteiger partial charge is 0.256 e. The van der Waals surface area contributed by atoms with Crippen LogP contribution in [0.15, 0.2) is 60.3 Å². The van der Waals surface area contributed by atoms with Gasteiger partial charge in [0.05, 0.1) is 5.52 Å². The summed E-state index contributed by atoms with van der Waals surface area (Å²) in [5.41, 5.74) is 4.00. The number of hydrogen-bond acceptors (Lipinski definition) is 1. The van der Waals surface area contributed by atoms with Gasteiger partial charge < -0.3 is 0 Å². The molecular formula is C21H27N. The molecule has 1 fully saturated rings. The fourth-order valence-corrected chi connectivity index (χ4v) is 2.94. The third-order valence-electron chi connectivity index (χ3n) is 4.04. The minimum Gasteiger partial charge on any atom is -0.256 e. The monoisotopic (exact) mass is 293 g/mol. The van der Waals surface area contributed by atoms with Crippen molar-refractivity contribution in [2.45, 2.75) is 40.5 Å². The van der Waals surface area contributed by atoms with Crippen LogP contribution in [0.25, 0.3) is 10.9 Å². The number of fused-ring (bicyclic) bond motifs is 2. The van der Waals surface area contributed by atoms with Gasteiger partial charge in [-0.3, -0.25) is 4.98 Å². The summed E-state index contributed by atoms with van der Waals surface area (Å²) in [7, 11) is 0. The molecule has 116 valence electrons. The van der Waals surface area contributed by atoms with E-state index in [0.717, 1.165) is 23.8 Å². The lowest BCUT2D eigenvalue weighted by Crippen LogP contribution is -1.97. The van der Waals surface area contributed by atoms with E-state index >= 15 is 0 Å². The Bertz CT molecular complexity index is 666. The molecule has 1 aromatic heterocycles. The van der Waals surface area contributed by atoms with Crippen LogP contribution in [0.5, 0.6) is 0 Å². The van der Waals surface area contributed by atoms with E-state index in [9.17, 15) is 0 Å². The summed E-state index contributed by atoms with van der Waals surface area (Å²) in [5.74, 6) is 1.65. The molecule has 2 unspecified atom stereocenters. The van der Waals surface area contributed by atoms with Crippen molar-refractivity contribution in [3.8, 4) is 0 Å². The van der Waals surface area contributed by atoms with E-state index < -0.39 is 0 Å². The first kappa shape index (κ1) is 16.5. The summed E-state index contributed by atoms with van der Waals surface area (Å²) in [6.07, 6.45) is 11.3. The molecule has 0 spiro atoms. The maximum Gasteiger partial charge on any atom is 0.0702 e. The van der Waals surface area contributed by atoms with Crippen molar-refractivity contribution in [2.75, 3.05) is 0 Å². The molecule has 0 bridgehead atoms. The average molecular weight is 293 g/mol. The fraction of sp³-hybridized carbons (Fsp3) is 0.381. The van der Waals surface area contributed by atoms with E-state index in [1.54, 1.807) is 5.57 Å². The number of hydrogen-bond donors (Lipinski definition) is 0. The molecule has 1 heteroatoms. The SMILES string of the molecule is C1=CC2CC2C(Cc2cnc3ccccc3c2)=C1.CC.CC. The Morgan fingerprint density at radius 1 is 1.09 bits per heavy atom. The highest BCUT2D eigenvalue weighted by atomic mass is 14.6. The van der Waals surface area contributed by atoms with Crippen LogP contribution in [-0.4, -0.2) is 4.98 Å². The molecule has 1 nitrogen and oxygen atoms in total. The van der Waals surface area contributed by atoms with Crippen molar-refractivity contribution in [2.24, 2.45) is 11.8 Å². The Morgan fingerprint density at radius 3 is 2.68 bits per heavy atom. The van der Waals surface area contributed by atoms with E-state index in [0.29, 0.717) is 0 Å². The number of nitrogens with zero attached hydrogens (tertiary/aromatic N) is 1. The Hall–Kier alpha value is -1.89. The van der Waals surface area contributed by atoms with Gasteiger partial charge in [0, 0.05) is 11.6 Å². The lowest BCUT2D eigenvalue weighted by atomic mass is 9.97. The lowest BCUT2D eigenvalue weighted by Gasteiger charge is -2.09. The first-order valence-electron chi connectivity index (χ1n) is 8.61. The van der Waals surface area contributed by atoms with E-state index in [1.165, 1.54) is 17.4 Å². The minimum atomic E-state index is 0.821. The minimum absolute atomic E-state index is 0.821. The van der Waals surface area contributed by atoms with Gasteiger partial charge in [-0.05, 0) is 42.4 Å². The van der Waals surface area contributed by atoms with Crippen molar-refractivity contribution in [3.05, 3.63) is 65.9 Å². The maximum atomic E-state index is 4.54. The zero-order valence-corrected chi connectivity index (χ0v) is 14.2. The van der Waals surface area contributed by atoms with Crippen LogP contribution in [-0.2, 0) is 6.42 Å². The van der Waals surface area contributed by atoms with Crippen LogP contribution in [0.2, 0.25) is 0 Å². The molecule has 4 rings (SSSR count). The molecule has 2 aliphatic carbocycles. The van der Waals surface area contributed by atoms with Gasteiger partial charge in [0.25, 0.3) is 0 Å². The van der Waals surface area contributed by atoms with Crippen LogP contribution in [0.3, 0.4) is 0 Å². The van der Waals surface area contributed by atoms with Crippen LogP contribution < -0.4 is 0 Å². The van der Waals surface area contributed by atoms with Gasteiger partial charge in [0.15, 0.2) is 0 Å². The predicted molar refractivity (Wildman–Crippen MR) is 97.0 cm³/mol. The molecule has 2 aromatic rings. The summed E-state index contributed by atoms with van der Waals surface area (Å²) in [5, 5.41) is 1.24. The number of rotatable bonds is 2. The first-order valence-corrected chi connectivity index (χ1v) is 8.61. The number of aromatic nitrogens is 1. The number of para-hydroxylation sites is 1. The van der Waals surface area contributed by atoms with Crippen molar-refractivity contribution in [1.29, 1.82) is 0 Å². The topological polar surface area (TPSA) is 12.9 Å². The Morgan fingerprint density at radius 2 is 1.86 bits per heavy atom. The average Bonchev–Trinajstić information content (AvgIpc) is 3.39. The highest BCUT2D eigenvalue weighted by molar-refractivity contribution is 5.78. The Kier molecular flexibility index (Phi) is 5.94. The molecule has 0 N–H and O–H groups in total. The molecule has 2 atom stereocenters. The second-order valence-corrected chi connectivity index (χ2v) is 5.35. The second-order valence-electron chi connectivity index (χ2n) is 5.35. The van der Waals surface area contributed by atoms with Gasteiger partial charge in [0.2, 0.25) is 0 Å². The fourth-order valence-electron chi connectivity index (χ4n) is 2.94. The molecule has 22 heavy (non-hydrogen) atoms. The molecule has 0 aliphatic heterocycles. The van der Waals surface area contributed by atoms with Crippen LogP contribution in [0.1, 0.15) is 39.7 Å². The lowest BCUT2D eigenvalue weighted by molar-refractivity contribution is 0.863. The molecule has 0 amide bonds. The summed E-state index contributed by atoms with van der Waals surface area (Å²) in [6, 6.07) is 10.6. The molecular weight excluding hydrogens is 266 g/mol. The second kappa shape index (κ2) is 7.93. The zero-order valence-electron chi connectivity index (χ0n) is 14.2. The highest BCUT2D eigenvalue weighted by Crippen LogP contribution is 2.48. The predicted octanol–water partition coefficient (Wildman–Crippen LogP) is 5.96. The van der Waals surface area contributed by atoms with Gasteiger partial charge in [-0.15, -0.1) is 0 Å². The Labute approximate surface area is 134 Å². The van der Waals surface area contributed by atoms with Gasteiger partial charge in [0.1, 0.15) is 0 Å². The summed E-state index contributed by atoms with van der Waals surface area (Å²) in [4.78, 5) is 4.54. The van der Waals surface area contributed by atoms with E-state index in [2.05, 4.69) is 47.5 Å². The van der Waals surface area contributed by atoms with E-state index in [4.69, 9.17) is 0 Å². The van der Waals surface area contributed by atoms with Crippen LogP contribution in [0.4, 0.5) is 0 Å². The number of benzene rings is 1. The van der Waals surface area contributed by atoms with Gasteiger partial charge in [-0.1, -0.05) is 69.7 Å². The third-order valence-corrected chi connectivity index (χ3v) is 4.04. The third kappa shape index (κ3) is 3.65. The quantitative estimate of drug-likeness (QED) is 0.665. The van der Waals surface area contributed by atoms with Crippen LogP contribution >= 0.6 is 0 Å². The van der Waals surface area contributed by atoms with E-state index in [-0.39, 0.29) is 0 Å². The van der Waals surface area contributed by atoms with Crippen molar-refractivity contribution < 1.29 is 0 Å². The van der Waals surface area contributed by atoms with Crippen molar-refractivity contribution >= 4 is 10.9 Å². The normalized spacial score (nSPS) is 20.8. The molecule has 0 saturated heterocycles.